The van der Waals surface area contributed by atoms with Gasteiger partial charge in [0.25, 0.3) is 0 Å². The summed E-state index contributed by atoms with van der Waals surface area (Å²) in [5.74, 6) is 0.250. The van der Waals surface area contributed by atoms with Crippen LogP contribution < -0.4 is 0 Å². The van der Waals surface area contributed by atoms with E-state index in [4.69, 9.17) is 23.2 Å². The number of fused-ring (bicyclic) bond motifs is 1. The van der Waals surface area contributed by atoms with Gasteiger partial charge in [0.05, 0.1) is 6.10 Å². The molecule has 0 heterocycles. The number of aliphatic hydroxyl groups excluding tert-OH is 1. The van der Waals surface area contributed by atoms with Gasteiger partial charge in [-0.2, -0.15) is 0 Å². The lowest BCUT2D eigenvalue weighted by molar-refractivity contribution is 0.113. The van der Waals surface area contributed by atoms with Crippen molar-refractivity contribution in [2.75, 3.05) is 0 Å². The fourth-order valence-electron chi connectivity index (χ4n) is 2.97. The summed E-state index contributed by atoms with van der Waals surface area (Å²) in [6.07, 6.45) is 1.95. The maximum atomic E-state index is 10.5. The second kappa shape index (κ2) is 5.77. The quantitative estimate of drug-likeness (QED) is 0.896. The van der Waals surface area contributed by atoms with Crippen molar-refractivity contribution in [1.82, 2.24) is 0 Å². The molecule has 2 aromatic rings. The predicted octanol–water partition coefficient (Wildman–Crippen LogP) is 4.31. The highest BCUT2D eigenvalue weighted by atomic mass is 35.5. The summed E-state index contributed by atoms with van der Waals surface area (Å²) >= 11 is 12.3. The van der Waals surface area contributed by atoms with Gasteiger partial charge in [-0.3, -0.25) is 0 Å². The van der Waals surface area contributed by atoms with E-state index >= 15 is 0 Å². The summed E-state index contributed by atoms with van der Waals surface area (Å²) < 4.78 is 0. The number of benzene rings is 2. The van der Waals surface area contributed by atoms with Gasteiger partial charge >= 0.3 is 0 Å². The number of hydrogen-bond acceptors (Lipinski definition) is 1. The molecule has 0 spiro atoms. The second-order valence-electron chi connectivity index (χ2n) is 5.41. The first kappa shape index (κ1) is 13.9. The van der Waals surface area contributed by atoms with Gasteiger partial charge in [0.2, 0.25) is 0 Å². The van der Waals surface area contributed by atoms with Crippen LogP contribution in [0.1, 0.15) is 16.7 Å². The molecule has 0 saturated heterocycles. The van der Waals surface area contributed by atoms with Crippen molar-refractivity contribution >= 4 is 23.2 Å². The molecule has 2 aromatic carbocycles. The lowest BCUT2D eigenvalue weighted by Gasteiger charge is -2.19. The summed E-state index contributed by atoms with van der Waals surface area (Å²) in [7, 11) is 0. The van der Waals surface area contributed by atoms with Crippen LogP contribution in [0.4, 0.5) is 0 Å². The summed E-state index contributed by atoms with van der Waals surface area (Å²) in [6, 6.07) is 13.9. The molecule has 1 nitrogen and oxygen atoms in total. The zero-order valence-electron chi connectivity index (χ0n) is 11.0. The zero-order chi connectivity index (χ0) is 14.1. The lowest BCUT2D eigenvalue weighted by Crippen LogP contribution is -2.23. The van der Waals surface area contributed by atoms with E-state index in [9.17, 15) is 5.11 Å². The van der Waals surface area contributed by atoms with Gasteiger partial charge in [-0.05, 0) is 47.6 Å². The Labute approximate surface area is 129 Å². The van der Waals surface area contributed by atoms with Gasteiger partial charge in [-0.1, -0.05) is 53.5 Å². The molecule has 1 aliphatic rings. The molecule has 1 unspecified atom stereocenters. The molecule has 0 fully saturated rings. The summed E-state index contributed by atoms with van der Waals surface area (Å²) in [6.45, 7) is 0. The fourth-order valence-corrected chi connectivity index (χ4v) is 3.52. The summed E-state index contributed by atoms with van der Waals surface area (Å²) in [5.41, 5.74) is 3.54. The van der Waals surface area contributed by atoms with Crippen molar-refractivity contribution in [2.24, 2.45) is 5.92 Å². The molecule has 104 valence electrons. The van der Waals surface area contributed by atoms with Gasteiger partial charge in [0, 0.05) is 16.5 Å². The molecule has 3 heteroatoms. The minimum atomic E-state index is -0.417. The Morgan fingerprint density at radius 2 is 1.50 bits per heavy atom. The first-order chi connectivity index (χ1) is 9.65. The molecule has 3 rings (SSSR count). The second-order valence-corrected chi connectivity index (χ2v) is 6.22. The Kier molecular flexibility index (Phi) is 4.02. The monoisotopic (exact) mass is 306 g/mol. The minimum Gasteiger partial charge on any atom is -0.392 e. The van der Waals surface area contributed by atoms with Crippen molar-refractivity contribution < 1.29 is 5.11 Å². The van der Waals surface area contributed by atoms with Gasteiger partial charge in [0.1, 0.15) is 0 Å². The van der Waals surface area contributed by atoms with E-state index in [1.165, 1.54) is 11.1 Å². The minimum absolute atomic E-state index is 0.250. The van der Waals surface area contributed by atoms with Crippen molar-refractivity contribution in [2.45, 2.75) is 25.4 Å². The highest BCUT2D eigenvalue weighted by Crippen LogP contribution is 2.32. The maximum Gasteiger partial charge on any atom is 0.0616 e. The molecule has 0 aliphatic heterocycles. The van der Waals surface area contributed by atoms with Gasteiger partial charge in [-0.15, -0.1) is 0 Å². The van der Waals surface area contributed by atoms with Crippen LogP contribution in [-0.2, 0) is 19.3 Å². The largest absolute Gasteiger partial charge is 0.392 e. The summed E-state index contributed by atoms with van der Waals surface area (Å²) in [5, 5.41) is 11.8. The number of halogens is 2. The Morgan fingerprint density at radius 3 is 2.05 bits per heavy atom. The van der Waals surface area contributed by atoms with Crippen molar-refractivity contribution in [3.63, 3.8) is 0 Å². The van der Waals surface area contributed by atoms with Crippen molar-refractivity contribution in [3.05, 3.63) is 69.2 Å². The fraction of sp³-hybridized carbons (Fsp3) is 0.294. The Bertz CT molecular complexity index is 579. The first-order valence-corrected chi connectivity index (χ1v) is 7.58. The Hall–Kier alpha value is -1.02. The molecular weight excluding hydrogens is 291 g/mol. The van der Waals surface area contributed by atoms with Gasteiger partial charge in [-0.25, -0.2) is 0 Å². The van der Waals surface area contributed by atoms with Crippen LogP contribution in [0.2, 0.25) is 10.0 Å². The van der Waals surface area contributed by atoms with Crippen LogP contribution in [0, 0.1) is 5.92 Å². The maximum absolute atomic E-state index is 10.5. The van der Waals surface area contributed by atoms with E-state index in [2.05, 4.69) is 24.3 Å². The predicted molar refractivity (Wildman–Crippen MR) is 83.5 cm³/mol. The highest BCUT2D eigenvalue weighted by Gasteiger charge is 2.28. The average molecular weight is 307 g/mol. The van der Waals surface area contributed by atoms with Gasteiger partial charge < -0.3 is 5.11 Å². The molecular formula is C17H16Cl2O. The van der Waals surface area contributed by atoms with E-state index < -0.39 is 6.10 Å². The third kappa shape index (κ3) is 2.71. The molecule has 0 aromatic heterocycles. The van der Waals surface area contributed by atoms with Crippen LogP contribution in [-0.4, -0.2) is 11.2 Å². The zero-order valence-corrected chi connectivity index (χ0v) is 12.5. The van der Waals surface area contributed by atoms with Crippen LogP contribution in [0.15, 0.2) is 42.5 Å². The van der Waals surface area contributed by atoms with E-state index in [1.807, 2.05) is 18.2 Å². The van der Waals surface area contributed by atoms with Crippen molar-refractivity contribution in [1.29, 1.82) is 0 Å². The third-order valence-corrected chi connectivity index (χ3v) is 4.81. The topological polar surface area (TPSA) is 20.2 Å². The Morgan fingerprint density at radius 1 is 0.950 bits per heavy atom. The van der Waals surface area contributed by atoms with E-state index in [0.29, 0.717) is 16.5 Å². The number of aliphatic hydroxyl groups is 1. The number of hydrogen-bond donors (Lipinski definition) is 1. The van der Waals surface area contributed by atoms with Crippen LogP contribution >= 0.6 is 23.2 Å². The van der Waals surface area contributed by atoms with Gasteiger partial charge in [0.15, 0.2) is 0 Å². The molecule has 0 bridgehead atoms. The SMILES string of the molecule is OC(Cc1c(Cl)cccc1Cl)C1Cc2ccccc2C1. The van der Waals surface area contributed by atoms with Crippen LogP contribution in [0.5, 0.6) is 0 Å². The van der Waals surface area contributed by atoms with Crippen LogP contribution in [0.3, 0.4) is 0 Å². The molecule has 0 saturated carbocycles. The Balaban J connectivity index is 1.74. The normalized spacial score (nSPS) is 16.1. The smallest absolute Gasteiger partial charge is 0.0616 e. The molecule has 1 aliphatic carbocycles. The molecule has 1 atom stereocenters. The highest BCUT2D eigenvalue weighted by molar-refractivity contribution is 6.35. The van der Waals surface area contributed by atoms with Crippen LogP contribution in [0.25, 0.3) is 0 Å². The van der Waals surface area contributed by atoms with E-state index in [-0.39, 0.29) is 5.92 Å². The molecule has 0 amide bonds. The van der Waals surface area contributed by atoms with E-state index in [0.717, 1.165) is 18.4 Å². The standard InChI is InChI=1S/C17H16Cl2O/c18-15-6-3-7-16(19)14(15)10-17(20)13-8-11-4-1-2-5-12(11)9-13/h1-7,13,17,20H,8-10H2. The summed E-state index contributed by atoms with van der Waals surface area (Å²) in [4.78, 5) is 0. The molecule has 1 N–H and O–H groups in total. The molecule has 0 radical (unpaired) electrons. The number of rotatable bonds is 3. The lowest BCUT2D eigenvalue weighted by atomic mass is 9.93. The molecule has 20 heavy (non-hydrogen) atoms. The first-order valence-electron chi connectivity index (χ1n) is 6.83. The van der Waals surface area contributed by atoms with E-state index in [1.54, 1.807) is 0 Å². The average Bonchev–Trinajstić information content (AvgIpc) is 2.87. The van der Waals surface area contributed by atoms with Crippen molar-refractivity contribution in [3.8, 4) is 0 Å². The third-order valence-electron chi connectivity index (χ3n) is 4.10.